The van der Waals surface area contributed by atoms with Crippen LogP contribution < -0.4 is 15.1 Å². The summed E-state index contributed by atoms with van der Waals surface area (Å²) in [4.78, 5) is 13.7. The molecule has 0 atom stereocenters. The van der Waals surface area contributed by atoms with Gasteiger partial charge in [0.25, 0.3) is 0 Å². The zero-order valence-corrected chi connectivity index (χ0v) is 12.6. The molecule has 0 radical (unpaired) electrons. The van der Waals surface area contributed by atoms with Crippen molar-refractivity contribution in [2.75, 3.05) is 48.3 Å². The smallest absolute Gasteiger partial charge is 0.224 e. The summed E-state index contributed by atoms with van der Waals surface area (Å²) < 4.78 is 0. The number of para-hydroxylation sites is 1. The lowest BCUT2D eigenvalue weighted by Gasteiger charge is -2.36. The number of aromatic nitrogens is 2. The van der Waals surface area contributed by atoms with Crippen LogP contribution in [0, 0.1) is 6.92 Å². The molecule has 1 aromatic heterocycles. The highest BCUT2D eigenvalue weighted by molar-refractivity contribution is 5.50. The fourth-order valence-electron chi connectivity index (χ4n) is 2.66. The van der Waals surface area contributed by atoms with E-state index in [1.165, 1.54) is 5.69 Å². The minimum atomic E-state index is 0.690. The third-order valence-electron chi connectivity index (χ3n) is 3.79. The second-order valence-electron chi connectivity index (χ2n) is 5.25. The predicted molar refractivity (Wildman–Crippen MR) is 87.2 cm³/mol. The van der Waals surface area contributed by atoms with E-state index in [4.69, 9.17) is 0 Å². The monoisotopic (exact) mass is 283 g/mol. The first-order valence-corrected chi connectivity index (χ1v) is 7.34. The first kappa shape index (κ1) is 13.7. The van der Waals surface area contributed by atoms with Crippen LogP contribution in [0.25, 0.3) is 0 Å². The molecule has 0 spiro atoms. The SMILES string of the molecule is CNc1nc(C)cc(N2CCN(c3ccccc3)CC2)n1. The zero-order chi connectivity index (χ0) is 14.7. The van der Waals surface area contributed by atoms with Crippen molar-refractivity contribution in [1.29, 1.82) is 0 Å². The largest absolute Gasteiger partial charge is 0.368 e. The molecule has 21 heavy (non-hydrogen) atoms. The number of nitrogens with one attached hydrogen (secondary N) is 1. The molecular formula is C16H21N5. The summed E-state index contributed by atoms with van der Waals surface area (Å²) in [6.45, 7) is 6.00. The van der Waals surface area contributed by atoms with Crippen LogP contribution in [0.5, 0.6) is 0 Å². The van der Waals surface area contributed by atoms with Gasteiger partial charge in [0.15, 0.2) is 0 Å². The van der Waals surface area contributed by atoms with E-state index in [9.17, 15) is 0 Å². The normalized spacial score (nSPS) is 15.1. The summed E-state index contributed by atoms with van der Waals surface area (Å²) in [5.74, 6) is 1.70. The summed E-state index contributed by atoms with van der Waals surface area (Å²) in [5, 5.41) is 3.02. The molecule has 2 heterocycles. The highest BCUT2D eigenvalue weighted by atomic mass is 15.3. The average molecular weight is 283 g/mol. The summed E-state index contributed by atoms with van der Waals surface area (Å²) in [5.41, 5.74) is 2.29. The van der Waals surface area contributed by atoms with Gasteiger partial charge in [-0.3, -0.25) is 0 Å². The molecule has 1 aromatic carbocycles. The van der Waals surface area contributed by atoms with Gasteiger partial charge in [-0.05, 0) is 19.1 Å². The third-order valence-corrected chi connectivity index (χ3v) is 3.79. The van der Waals surface area contributed by atoms with Crippen molar-refractivity contribution in [3.8, 4) is 0 Å². The molecule has 1 fully saturated rings. The molecule has 0 aliphatic carbocycles. The van der Waals surface area contributed by atoms with Crippen molar-refractivity contribution in [2.24, 2.45) is 0 Å². The van der Waals surface area contributed by atoms with E-state index < -0.39 is 0 Å². The van der Waals surface area contributed by atoms with E-state index in [-0.39, 0.29) is 0 Å². The maximum Gasteiger partial charge on any atom is 0.224 e. The first-order chi connectivity index (χ1) is 10.3. The topological polar surface area (TPSA) is 44.3 Å². The van der Waals surface area contributed by atoms with Gasteiger partial charge in [-0.25, -0.2) is 4.98 Å². The van der Waals surface area contributed by atoms with Crippen LogP contribution in [-0.4, -0.2) is 43.2 Å². The molecule has 110 valence electrons. The molecule has 0 bridgehead atoms. The van der Waals surface area contributed by atoms with Crippen LogP contribution in [0.2, 0.25) is 0 Å². The van der Waals surface area contributed by atoms with Crippen molar-refractivity contribution in [2.45, 2.75) is 6.92 Å². The molecule has 5 heteroatoms. The van der Waals surface area contributed by atoms with Crippen molar-refractivity contribution in [1.82, 2.24) is 9.97 Å². The number of anilines is 3. The Hall–Kier alpha value is -2.30. The number of rotatable bonds is 3. The summed E-state index contributed by atoms with van der Waals surface area (Å²) in [6.07, 6.45) is 0. The van der Waals surface area contributed by atoms with Crippen LogP contribution >= 0.6 is 0 Å². The second-order valence-corrected chi connectivity index (χ2v) is 5.25. The van der Waals surface area contributed by atoms with Crippen molar-refractivity contribution >= 4 is 17.5 Å². The molecule has 0 amide bonds. The van der Waals surface area contributed by atoms with Crippen LogP contribution in [0.4, 0.5) is 17.5 Å². The van der Waals surface area contributed by atoms with Crippen molar-refractivity contribution < 1.29 is 0 Å². The number of nitrogens with zero attached hydrogens (tertiary/aromatic N) is 4. The molecule has 0 unspecified atom stereocenters. The van der Waals surface area contributed by atoms with E-state index in [2.05, 4.69) is 61.5 Å². The fraction of sp³-hybridized carbons (Fsp3) is 0.375. The fourth-order valence-corrected chi connectivity index (χ4v) is 2.66. The molecule has 1 saturated heterocycles. The minimum absolute atomic E-state index is 0.690. The molecule has 5 nitrogen and oxygen atoms in total. The lowest BCUT2D eigenvalue weighted by molar-refractivity contribution is 0.646. The van der Waals surface area contributed by atoms with E-state index in [1.807, 2.05) is 14.0 Å². The highest BCUT2D eigenvalue weighted by Crippen LogP contribution is 2.20. The van der Waals surface area contributed by atoms with Crippen LogP contribution in [0.15, 0.2) is 36.4 Å². The van der Waals surface area contributed by atoms with E-state index in [0.717, 1.165) is 37.7 Å². The van der Waals surface area contributed by atoms with E-state index >= 15 is 0 Å². The van der Waals surface area contributed by atoms with Gasteiger partial charge in [0.2, 0.25) is 5.95 Å². The van der Waals surface area contributed by atoms with Gasteiger partial charge in [-0.1, -0.05) is 18.2 Å². The molecule has 0 saturated carbocycles. The molecule has 1 aliphatic heterocycles. The van der Waals surface area contributed by atoms with Gasteiger partial charge in [-0.2, -0.15) is 4.98 Å². The van der Waals surface area contributed by atoms with E-state index in [0.29, 0.717) is 5.95 Å². The Labute approximate surface area is 125 Å². The average Bonchev–Trinajstić information content (AvgIpc) is 2.55. The Kier molecular flexibility index (Phi) is 3.90. The molecule has 1 aliphatic rings. The molecule has 1 N–H and O–H groups in total. The first-order valence-electron chi connectivity index (χ1n) is 7.34. The molecule has 2 aromatic rings. The maximum atomic E-state index is 4.56. The van der Waals surface area contributed by atoms with Gasteiger partial charge in [0.05, 0.1) is 0 Å². The van der Waals surface area contributed by atoms with Gasteiger partial charge in [-0.15, -0.1) is 0 Å². The van der Waals surface area contributed by atoms with Crippen LogP contribution in [0.3, 0.4) is 0 Å². The predicted octanol–water partition coefficient (Wildman–Crippen LogP) is 2.15. The van der Waals surface area contributed by atoms with Gasteiger partial charge < -0.3 is 15.1 Å². The molecule has 3 rings (SSSR count). The Balaban J connectivity index is 1.70. The van der Waals surface area contributed by atoms with Crippen LogP contribution in [-0.2, 0) is 0 Å². The van der Waals surface area contributed by atoms with Crippen molar-refractivity contribution in [3.63, 3.8) is 0 Å². The van der Waals surface area contributed by atoms with Crippen molar-refractivity contribution in [3.05, 3.63) is 42.1 Å². The second kappa shape index (κ2) is 5.99. The van der Waals surface area contributed by atoms with E-state index in [1.54, 1.807) is 0 Å². The quantitative estimate of drug-likeness (QED) is 0.935. The highest BCUT2D eigenvalue weighted by Gasteiger charge is 2.18. The Morgan fingerprint density at radius 1 is 0.952 bits per heavy atom. The zero-order valence-electron chi connectivity index (χ0n) is 12.6. The lowest BCUT2D eigenvalue weighted by Crippen LogP contribution is -2.46. The number of piperazine rings is 1. The third kappa shape index (κ3) is 3.07. The summed E-state index contributed by atoms with van der Waals surface area (Å²) in [6, 6.07) is 12.6. The number of hydrogen-bond donors (Lipinski definition) is 1. The molecular weight excluding hydrogens is 262 g/mol. The minimum Gasteiger partial charge on any atom is -0.368 e. The Morgan fingerprint density at radius 2 is 1.62 bits per heavy atom. The number of aryl methyl sites for hydroxylation is 1. The maximum absolute atomic E-state index is 4.56. The number of benzene rings is 1. The summed E-state index contributed by atoms with van der Waals surface area (Å²) >= 11 is 0. The standard InChI is InChI=1S/C16H21N5/c1-13-12-15(19-16(17-2)18-13)21-10-8-20(9-11-21)14-6-4-3-5-7-14/h3-7,12H,8-11H2,1-2H3,(H,17,18,19). The Morgan fingerprint density at radius 3 is 2.29 bits per heavy atom. The lowest BCUT2D eigenvalue weighted by atomic mass is 10.2. The van der Waals surface area contributed by atoms with Gasteiger partial charge in [0, 0.05) is 50.7 Å². The van der Waals surface area contributed by atoms with Crippen LogP contribution in [0.1, 0.15) is 5.69 Å². The number of hydrogen-bond acceptors (Lipinski definition) is 5. The van der Waals surface area contributed by atoms with Gasteiger partial charge in [0.1, 0.15) is 5.82 Å². The summed E-state index contributed by atoms with van der Waals surface area (Å²) in [7, 11) is 1.85. The van der Waals surface area contributed by atoms with Gasteiger partial charge >= 0.3 is 0 Å². The Bertz CT molecular complexity index is 591.